The van der Waals surface area contributed by atoms with Gasteiger partial charge in [0.05, 0.1) is 33.0 Å². The smallest absolute Gasteiger partial charge is 0.396 e. The second-order valence-corrected chi connectivity index (χ2v) is 9.01. The third-order valence-corrected chi connectivity index (χ3v) is 5.39. The van der Waals surface area contributed by atoms with Crippen molar-refractivity contribution in [1.29, 1.82) is 0 Å². The molecule has 13 nitrogen and oxygen atoms in total. The summed E-state index contributed by atoms with van der Waals surface area (Å²) >= 11 is 0. The minimum Gasteiger partial charge on any atom is -0.396 e. The van der Waals surface area contributed by atoms with Gasteiger partial charge < -0.3 is 19.8 Å². The fourth-order valence-electron chi connectivity index (χ4n) is 1.21. The first-order valence-corrected chi connectivity index (χ1v) is 11.9. The number of hydrogen-bond donors (Lipinski definition) is 4. The summed E-state index contributed by atoms with van der Waals surface area (Å²) in [6.07, 6.45) is 0.213. The molecule has 0 bridgehead atoms. The monoisotopic (exact) mass is 446 g/mol. The number of aliphatic hydroxyl groups excluding tert-OH is 1. The van der Waals surface area contributed by atoms with E-state index in [2.05, 4.69) is 27.1 Å². The summed E-state index contributed by atoms with van der Waals surface area (Å²) in [4.78, 5) is 27.6. The van der Waals surface area contributed by atoms with Crippen LogP contribution in [0.2, 0.25) is 0 Å². The largest absolute Gasteiger partial charge is 0.472 e. The highest BCUT2D eigenvalue weighted by Crippen LogP contribution is 2.45. The molecule has 0 aromatic rings. The molecule has 16 heteroatoms. The quantitative estimate of drug-likeness (QED) is 0.184. The Bertz CT molecular complexity index is 512. The molecule has 26 heavy (non-hydrogen) atoms. The van der Waals surface area contributed by atoms with Crippen LogP contribution in [0.25, 0.3) is 0 Å². The van der Waals surface area contributed by atoms with E-state index < -0.39 is 23.5 Å². The van der Waals surface area contributed by atoms with Crippen molar-refractivity contribution < 1.29 is 60.6 Å². The normalized spacial score (nSPS) is 18.8. The lowest BCUT2D eigenvalue weighted by atomic mass is 10.5. The van der Waals surface area contributed by atoms with E-state index in [1.807, 2.05) is 0 Å². The van der Waals surface area contributed by atoms with Crippen molar-refractivity contribution in [2.45, 2.75) is 19.3 Å². The first kappa shape index (κ1) is 26.3. The van der Waals surface area contributed by atoms with Gasteiger partial charge in [-0.3, -0.25) is 27.1 Å². The van der Waals surface area contributed by atoms with Gasteiger partial charge in [-0.15, -0.1) is 0 Å². The molecule has 3 atom stereocenters. The highest BCUT2D eigenvalue weighted by Gasteiger charge is 2.23. The Hall–Kier alpha value is 0.290. The zero-order valence-electron chi connectivity index (χ0n) is 14.2. The summed E-state index contributed by atoms with van der Waals surface area (Å²) in [6.45, 7) is -1.44. The van der Waals surface area contributed by atoms with Gasteiger partial charge >= 0.3 is 23.5 Å². The van der Waals surface area contributed by atoms with Gasteiger partial charge in [0, 0.05) is 13.7 Å². The summed E-state index contributed by atoms with van der Waals surface area (Å²) < 4.78 is 60.8. The topological polar surface area (TPSA) is 188 Å². The van der Waals surface area contributed by atoms with E-state index in [-0.39, 0.29) is 58.9 Å². The van der Waals surface area contributed by atoms with E-state index in [4.69, 9.17) is 10.00 Å². The molecule has 0 rings (SSSR count). The lowest BCUT2D eigenvalue weighted by Crippen LogP contribution is -2.04. The van der Waals surface area contributed by atoms with E-state index in [0.29, 0.717) is 0 Å². The third kappa shape index (κ3) is 15.4. The molecule has 0 fully saturated rings. The van der Waals surface area contributed by atoms with Gasteiger partial charge in [-0.05, 0) is 19.3 Å². The average Bonchev–Trinajstić information content (AvgIpc) is 2.54. The van der Waals surface area contributed by atoms with E-state index in [0.717, 1.165) is 7.11 Å². The van der Waals surface area contributed by atoms with E-state index in [9.17, 15) is 23.5 Å². The molecular weight excluding hydrogens is 421 g/mol. The van der Waals surface area contributed by atoms with Crippen LogP contribution in [-0.2, 0) is 40.8 Å². The van der Waals surface area contributed by atoms with Crippen LogP contribution in [-0.4, -0.2) is 66.5 Å². The van der Waals surface area contributed by atoms with Crippen LogP contribution in [0.15, 0.2) is 0 Å². The molecule has 0 heterocycles. The Balaban J connectivity index is 3.79. The molecule has 0 aliphatic rings. The van der Waals surface area contributed by atoms with Crippen LogP contribution in [0.5, 0.6) is 0 Å². The molecule has 0 saturated carbocycles. The second kappa shape index (κ2) is 13.5. The number of phosphoric ester groups is 3. The lowest BCUT2D eigenvalue weighted by molar-refractivity contribution is 0.116. The lowest BCUT2D eigenvalue weighted by Gasteiger charge is -2.14. The molecule has 4 N–H and O–H groups in total. The standard InChI is InChI=1S/C10H25O13P3/c1-18-24(12,13)19-7-3-8-22-26(16,17)23-10-4-9-21-25(14,15)20-6-2-5-11/h11H,2-10H2,1H3,(H,12,13)(H,14,15)(H,16,17). The van der Waals surface area contributed by atoms with Crippen molar-refractivity contribution in [3.05, 3.63) is 0 Å². The van der Waals surface area contributed by atoms with Crippen molar-refractivity contribution in [2.24, 2.45) is 0 Å². The maximum atomic E-state index is 11.5. The molecule has 0 aliphatic carbocycles. The zero-order chi connectivity index (χ0) is 20.1. The van der Waals surface area contributed by atoms with Gasteiger partial charge in [-0.25, -0.2) is 13.7 Å². The summed E-state index contributed by atoms with van der Waals surface area (Å²) in [7, 11) is -11.7. The summed E-state index contributed by atoms with van der Waals surface area (Å²) in [6, 6.07) is 0. The van der Waals surface area contributed by atoms with E-state index >= 15 is 0 Å². The van der Waals surface area contributed by atoms with Crippen LogP contribution in [0, 0.1) is 0 Å². The summed E-state index contributed by atoms with van der Waals surface area (Å²) in [5.74, 6) is 0. The maximum absolute atomic E-state index is 11.5. The van der Waals surface area contributed by atoms with Gasteiger partial charge in [0.25, 0.3) is 0 Å². The van der Waals surface area contributed by atoms with Gasteiger partial charge in [0.2, 0.25) is 0 Å². The van der Waals surface area contributed by atoms with Crippen LogP contribution < -0.4 is 0 Å². The molecule has 0 aliphatic heterocycles. The van der Waals surface area contributed by atoms with Crippen LogP contribution in [0.4, 0.5) is 0 Å². The van der Waals surface area contributed by atoms with Gasteiger partial charge in [0.1, 0.15) is 0 Å². The molecule has 3 unspecified atom stereocenters. The SMILES string of the molecule is COP(=O)(O)OCCCOP(=O)(O)OCCCOP(=O)(O)OCCCO. The van der Waals surface area contributed by atoms with Crippen molar-refractivity contribution in [2.75, 3.05) is 46.8 Å². The predicted octanol–water partition coefficient (Wildman–Crippen LogP) is 1.18. The predicted molar refractivity (Wildman–Crippen MR) is 87.2 cm³/mol. The minimum atomic E-state index is -4.35. The Kier molecular flexibility index (Phi) is 13.6. The molecule has 0 amide bonds. The number of hydrogen-bond acceptors (Lipinski definition) is 10. The molecule has 0 radical (unpaired) electrons. The van der Waals surface area contributed by atoms with Gasteiger partial charge in [-0.2, -0.15) is 0 Å². The molecular formula is C10H25O13P3. The highest BCUT2D eigenvalue weighted by atomic mass is 31.2. The second-order valence-electron chi connectivity index (χ2n) is 4.54. The van der Waals surface area contributed by atoms with Crippen LogP contribution in [0.3, 0.4) is 0 Å². The fraction of sp³-hybridized carbons (Fsp3) is 1.00. The highest BCUT2D eigenvalue weighted by molar-refractivity contribution is 7.47. The summed E-state index contributed by atoms with van der Waals surface area (Å²) in [5, 5.41) is 8.52. The number of aliphatic hydroxyl groups is 1. The Morgan fingerprint density at radius 1 is 0.615 bits per heavy atom. The van der Waals surface area contributed by atoms with E-state index in [1.54, 1.807) is 0 Å². The first-order chi connectivity index (χ1) is 12.0. The number of rotatable bonds is 17. The first-order valence-electron chi connectivity index (χ1n) is 7.41. The minimum absolute atomic E-state index is 0.00641. The fourth-order valence-corrected chi connectivity index (χ4v) is 3.26. The molecule has 0 aromatic carbocycles. The number of phosphoric acid groups is 3. The Morgan fingerprint density at radius 3 is 1.23 bits per heavy atom. The van der Waals surface area contributed by atoms with Gasteiger partial charge in [-0.1, -0.05) is 0 Å². The molecule has 0 aromatic heterocycles. The zero-order valence-corrected chi connectivity index (χ0v) is 16.9. The van der Waals surface area contributed by atoms with Gasteiger partial charge in [0.15, 0.2) is 0 Å². The van der Waals surface area contributed by atoms with E-state index in [1.165, 1.54) is 0 Å². The molecule has 158 valence electrons. The maximum Gasteiger partial charge on any atom is 0.472 e. The van der Waals surface area contributed by atoms with Crippen molar-refractivity contribution in [3.8, 4) is 0 Å². The Morgan fingerprint density at radius 2 is 0.923 bits per heavy atom. The van der Waals surface area contributed by atoms with Crippen molar-refractivity contribution in [1.82, 2.24) is 0 Å². The Labute approximate surface area is 151 Å². The van der Waals surface area contributed by atoms with Crippen molar-refractivity contribution >= 4 is 23.5 Å². The van der Waals surface area contributed by atoms with Crippen LogP contribution in [0.1, 0.15) is 19.3 Å². The molecule has 0 spiro atoms. The average molecular weight is 446 g/mol. The summed E-state index contributed by atoms with van der Waals surface area (Å²) in [5.41, 5.74) is 0. The molecule has 0 saturated heterocycles. The van der Waals surface area contributed by atoms with Crippen LogP contribution >= 0.6 is 23.5 Å². The third-order valence-electron chi connectivity index (χ3n) is 2.38. The van der Waals surface area contributed by atoms with Crippen molar-refractivity contribution in [3.63, 3.8) is 0 Å².